The average molecular weight is 290 g/mol. The monoisotopic (exact) mass is 290 g/mol. The Balaban J connectivity index is 2.00. The van der Waals surface area contributed by atoms with Gasteiger partial charge in [0.2, 0.25) is 0 Å². The Kier molecular flexibility index (Phi) is 6.37. The SMILES string of the molecule is CCCCCCCN1CC(CC)Oc2cc(CN)ccc21. The molecule has 1 heterocycles. The van der Waals surface area contributed by atoms with Crippen molar-refractivity contribution in [3.63, 3.8) is 0 Å². The molecule has 118 valence electrons. The summed E-state index contributed by atoms with van der Waals surface area (Å²) >= 11 is 0. The van der Waals surface area contributed by atoms with Gasteiger partial charge in [-0.05, 0) is 30.5 Å². The predicted octanol–water partition coefficient (Wildman–Crippen LogP) is 4.09. The number of hydrogen-bond acceptors (Lipinski definition) is 3. The van der Waals surface area contributed by atoms with Gasteiger partial charge in [0.15, 0.2) is 0 Å². The number of nitrogens with zero attached hydrogens (tertiary/aromatic N) is 1. The Morgan fingerprint density at radius 3 is 2.71 bits per heavy atom. The molecular weight excluding hydrogens is 260 g/mol. The van der Waals surface area contributed by atoms with E-state index in [0.29, 0.717) is 12.6 Å². The zero-order valence-electron chi connectivity index (χ0n) is 13.6. The molecule has 1 aromatic carbocycles. The molecule has 1 atom stereocenters. The van der Waals surface area contributed by atoms with Crippen molar-refractivity contribution >= 4 is 5.69 Å². The van der Waals surface area contributed by atoms with Crippen LogP contribution in [-0.4, -0.2) is 19.2 Å². The number of hydrogen-bond donors (Lipinski definition) is 1. The number of fused-ring (bicyclic) bond motifs is 1. The molecule has 21 heavy (non-hydrogen) atoms. The molecule has 1 aliphatic rings. The molecule has 1 aromatic rings. The summed E-state index contributed by atoms with van der Waals surface area (Å²) in [5.74, 6) is 1.02. The minimum Gasteiger partial charge on any atom is -0.486 e. The van der Waals surface area contributed by atoms with Gasteiger partial charge in [-0.1, -0.05) is 45.6 Å². The van der Waals surface area contributed by atoms with Crippen LogP contribution in [0, 0.1) is 0 Å². The molecule has 3 nitrogen and oxygen atoms in total. The van der Waals surface area contributed by atoms with Gasteiger partial charge in [0.25, 0.3) is 0 Å². The smallest absolute Gasteiger partial charge is 0.143 e. The molecule has 2 rings (SSSR count). The van der Waals surface area contributed by atoms with E-state index in [9.17, 15) is 0 Å². The molecule has 0 aromatic heterocycles. The van der Waals surface area contributed by atoms with E-state index in [1.807, 2.05) is 0 Å². The lowest BCUT2D eigenvalue weighted by atomic mass is 10.1. The Hall–Kier alpha value is -1.22. The normalized spacial score (nSPS) is 17.5. The summed E-state index contributed by atoms with van der Waals surface area (Å²) in [4.78, 5) is 2.50. The standard InChI is InChI=1S/C18H30N2O/c1-3-5-6-7-8-11-20-14-16(4-2)21-18-12-15(13-19)9-10-17(18)20/h9-10,12,16H,3-8,11,13-14,19H2,1-2H3. The van der Waals surface area contributed by atoms with Crippen molar-refractivity contribution in [3.8, 4) is 5.75 Å². The van der Waals surface area contributed by atoms with Crippen LogP contribution >= 0.6 is 0 Å². The number of nitrogens with two attached hydrogens (primary N) is 1. The van der Waals surface area contributed by atoms with E-state index in [2.05, 4.69) is 36.9 Å². The first-order valence-electron chi connectivity index (χ1n) is 8.53. The van der Waals surface area contributed by atoms with Crippen LogP contribution < -0.4 is 15.4 Å². The fourth-order valence-corrected chi connectivity index (χ4v) is 2.93. The third-order valence-corrected chi connectivity index (χ3v) is 4.31. The highest BCUT2D eigenvalue weighted by Crippen LogP contribution is 2.35. The highest BCUT2D eigenvalue weighted by Gasteiger charge is 2.24. The summed E-state index contributed by atoms with van der Waals surface area (Å²) in [6.45, 7) is 7.18. The van der Waals surface area contributed by atoms with Crippen LogP contribution in [0.5, 0.6) is 5.75 Å². The number of anilines is 1. The summed E-state index contributed by atoms with van der Waals surface area (Å²) in [5.41, 5.74) is 8.13. The molecular formula is C18H30N2O. The number of unbranched alkanes of at least 4 members (excludes halogenated alkanes) is 4. The fourth-order valence-electron chi connectivity index (χ4n) is 2.93. The summed E-state index contributed by atoms with van der Waals surface area (Å²) in [5, 5.41) is 0. The van der Waals surface area contributed by atoms with E-state index in [-0.39, 0.29) is 0 Å². The molecule has 1 unspecified atom stereocenters. The second kappa shape index (κ2) is 8.28. The summed E-state index contributed by atoms with van der Waals surface area (Å²) in [6, 6.07) is 6.41. The molecule has 1 aliphatic heterocycles. The minimum absolute atomic E-state index is 0.307. The maximum atomic E-state index is 6.10. The van der Waals surface area contributed by atoms with Crippen molar-refractivity contribution in [2.75, 3.05) is 18.0 Å². The van der Waals surface area contributed by atoms with Crippen LogP contribution in [0.3, 0.4) is 0 Å². The van der Waals surface area contributed by atoms with Gasteiger partial charge in [0.1, 0.15) is 11.9 Å². The maximum absolute atomic E-state index is 6.10. The van der Waals surface area contributed by atoms with Crippen molar-refractivity contribution in [2.24, 2.45) is 5.73 Å². The van der Waals surface area contributed by atoms with Crippen LogP contribution in [-0.2, 0) is 6.54 Å². The topological polar surface area (TPSA) is 38.5 Å². The zero-order chi connectivity index (χ0) is 15.1. The third-order valence-electron chi connectivity index (χ3n) is 4.31. The summed E-state index contributed by atoms with van der Waals surface area (Å²) in [7, 11) is 0. The lowest BCUT2D eigenvalue weighted by Crippen LogP contribution is -2.40. The molecule has 0 fully saturated rings. The van der Waals surface area contributed by atoms with E-state index in [4.69, 9.17) is 10.5 Å². The van der Waals surface area contributed by atoms with Crippen LogP contribution in [0.2, 0.25) is 0 Å². The summed E-state index contributed by atoms with van der Waals surface area (Å²) < 4.78 is 6.10. The van der Waals surface area contributed by atoms with Crippen molar-refractivity contribution < 1.29 is 4.74 Å². The lowest BCUT2D eigenvalue weighted by Gasteiger charge is -2.36. The van der Waals surface area contributed by atoms with Gasteiger partial charge < -0.3 is 15.4 Å². The average Bonchev–Trinajstić information content (AvgIpc) is 2.53. The fraction of sp³-hybridized carbons (Fsp3) is 0.667. The third kappa shape index (κ3) is 4.37. The van der Waals surface area contributed by atoms with Gasteiger partial charge >= 0.3 is 0 Å². The molecule has 0 saturated carbocycles. The molecule has 3 heteroatoms. The lowest BCUT2D eigenvalue weighted by molar-refractivity contribution is 0.189. The number of benzene rings is 1. The number of ether oxygens (including phenoxy) is 1. The number of rotatable bonds is 8. The molecule has 0 radical (unpaired) electrons. The Morgan fingerprint density at radius 2 is 2.00 bits per heavy atom. The van der Waals surface area contributed by atoms with Crippen LogP contribution in [0.1, 0.15) is 57.9 Å². The molecule has 2 N–H and O–H groups in total. The van der Waals surface area contributed by atoms with E-state index >= 15 is 0 Å². The van der Waals surface area contributed by atoms with Crippen molar-refractivity contribution in [1.82, 2.24) is 0 Å². The summed E-state index contributed by atoms with van der Waals surface area (Å²) in [6.07, 6.45) is 7.99. The Bertz CT molecular complexity index is 433. The Labute approximate surface area is 129 Å². The van der Waals surface area contributed by atoms with Gasteiger partial charge in [0.05, 0.1) is 12.2 Å². The van der Waals surface area contributed by atoms with E-state index in [1.165, 1.54) is 37.8 Å². The van der Waals surface area contributed by atoms with E-state index < -0.39 is 0 Å². The quantitative estimate of drug-likeness (QED) is 0.733. The molecule has 0 aliphatic carbocycles. The molecule has 0 spiro atoms. The predicted molar refractivity (Wildman–Crippen MR) is 90.0 cm³/mol. The zero-order valence-corrected chi connectivity index (χ0v) is 13.6. The van der Waals surface area contributed by atoms with Crippen molar-refractivity contribution in [3.05, 3.63) is 23.8 Å². The van der Waals surface area contributed by atoms with Crippen molar-refractivity contribution in [2.45, 2.75) is 65.0 Å². The second-order valence-electron chi connectivity index (χ2n) is 6.01. The highest BCUT2D eigenvalue weighted by molar-refractivity contribution is 5.61. The van der Waals surface area contributed by atoms with Gasteiger partial charge in [-0.3, -0.25) is 0 Å². The molecule has 0 bridgehead atoms. The van der Waals surface area contributed by atoms with Gasteiger partial charge in [-0.15, -0.1) is 0 Å². The first-order valence-corrected chi connectivity index (χ1v) is 8.53. The Morgan fingerprint density at radius 1 is 1.19 bits per heavy atom. The van der Waals surface area contributed by atoms with E-state index in [1.54, 1.807) is 0 Å². The van der Waals surface area contributed by atoms with Gasteiger partial charge in [-0.25, -0.2) is 0 Å². The van der Waals surface area contributed by atoms with Crippen LogP contribution in [0.4, 0.5) is 5.69 Å². The van der Waals surface area contributed by atoms with Crippen molar-refractivity contribution in [1.29, 1.82) is 0 Å². The molecule has 0 saturated heterocycles. The van der Waals surface area contributed by atoms with Gasteiger partial charge in [0, 0.05) is 13.1 Å². The maximum Gasteiger partial charge on any atom is 0.143 e. The second-order valence-corrected chi connectivity index (χ2v) is 6.01. The first kappa shape index (κ1) is 16.2. The van der Waals surface area contributed by atoms with Gasteiger partial charge in [-0.2, -0.15) is 0 Å². The van der Waals surface area contributed by atoms with Crippen LogP contribution in [0.25, 0.3) is 0 Å². The largest absolute Gasteiger partial charge is 0.486 e. The van der Waals surface area contributed by atoms with E-state index in [0.717, 1.165) is 30.8 Å². The first-order chi connectivity index (χ1) is 10.3. The molecule has 0 amide bonds. The highest BCUT2D eigenvalue weighted by atomic mass is 16.5. The van der Waals surface area contributed by atoms with Crippen LogP contribution in [0.15, 0.2) is 18.2 Å². The minimum atomic E-state index is 0.307.